The molecule has 1 heterocycles. The van der Waals surface area contributed by atoms with Crippen LogP contribution in [0.15, 0.2) is 30.3 Å². The quantitative estimate of drug-likeness (QED) is 0.855. The standard InChI is InChI=1S/C18H24N2O/c1-18(2,3)16-9-10-20(13-16)17(21)15(12-19)11-14-7-5-4-6-8-14/h4-8,15-16H,9-11,13H2,1-3H3. The molecule has 0 saturated carbocycles. The Kier molecular flexibility index (Phi) is 4.67. The second-order valence-corrected chi connectivity index (χ2v) is 7.01. The molecule has 1 fully saturated rings. The van der Waals surface area contributed by atoms with Crippen molar-refractivity contribution in [2.75, 3.05) is 13.1 Å². The highest BCUT2D eigenvalue weighted by Gasteiger charge is 2.36. The molecule has 0 bridgehead atoms. The van der Waals surface area contributed by atoms with Gasteiger partial charge in [-0.25, -0.2) is 0 Å². The average Bonchev–Trinajstić information content (AvgIpc) is 2.95. The first-order chi connectivity index (χ1) is 9.91. The summed E-state index contributed by atoms with van der Waals surface area (Å²) in [6, 6.07) is 12.0. The smallest absolute Gasteiger partial charge is 0.240 e. The summed E-state index contributed by atoms with van der Waals surface area (Å²) in [6.45, 7) is 8.23. The Hall–Kier alpha value is -1.82. The molecule has 0 aromatic heterocycles. The predicted octanol–water partition coefficient (Wildman–Crippen LogP) is 3.26. The Morgan fingerprint density at radius 1 is 1.38 bits per heavy atom. The van der Waals surface area contributed by atoms with Crippen LogP contribution in [0.3, 0.4) is 0 Å². The van der Waals surface area contributed by atoms with Crippen LogP contribution in [0.25, 0.3) is 0 Å². The number of nitriles is 1. The number of amides is 1. The SMILES string of the molecule is CC(C)(C)C1CCN(C(=O)C(C#N)Cc2ccccc2)C1. The van der Waals surface area contributed by atoms with Gasteiger partial charge in [0.2, 0.25) is 5.91 Å². The molecule has 1 aromatic carbocycles. The third-order valence-corrected chi connectivity index (χ3v) is 4.46. The second kappa shape index (κ2) is 6.30. The van der Waals surface area contributed by atoms with Crippen molar-refractivity contribution in [1.29, 1.82) is 5.26 Å². The molecule has 1 aliphatic heterocycles. The molecule has 0 aliphatic carbocycles. The zero-order valence-corrected chi connectivity index (χ0v) is 13.2. The lowest BCUT2D eigenvalue weighted by molar-refractivity contribution is -0.132. The van der Waals surface area contributed by atoms with E-state index in [1.54, 1.807) is 0 Å². The number of rotatable bonds is 3. The van der Waals surface area contributed by atoms with Crippen LogP contribution in [0.5, 0.6) is 0 Å². The molecule has 2 rings (SSSR count). The summed E-state index contributed by atoms with van der Waals surface area (Å²) in [7, 11) is 0. The highest BCUT2D eigenvalue weighted by molar-refractivity contribution is 5.81. The Balaban J connectivity index is 2.00. The lowest BCUT2D eigenvalue weighted by atomic mass is 9.80. The van der Waals surface area contributed by atoms with Gasteiger partial charge in [-0.2, -0.15) is 5.26 Å². The van der Waals surface area contributed by atoms with E-state index in [1.807, 2.05) is 35.2 Å². The zero-order valence-electron chi connectivity index (χ0n) is 13.2. The molecular formula is C18H24N2O. The molecule has 2 atom stereocenters. The van der Waals surface area contributed by atoms with Crippen molar-refractivity contribution in [3.05, 3.63) is 35.9 Å². The van der Waals surface area contributed by atoms with Crippen LogP contribution in [0, 0.1) is 28.6 Å². The minimum atomic E-state index is -0.564. The maximum absolute atomic E-state index is 12.6. The molecule has 0 N–H and O–H groups in total. The van der Waals surface area contributed by atoms with Gasteiger partial charge in [0.05, 0.1) is 6.07 Å². The molecule has 21 heavy (non-hydrogen) atoms. The summed E-state index contributed by atoms with van der Waals surface area (Å²) in [5.74, 6) is -0.0447. The van der Waals surface area contributed by atoms with Crippen molar-refractivity contribution in [2.45, 2.75) is 33.6 Å². The lowest BCUT2D eigenvalue weighted by Crippen LogP contribution is -2.36. The maximum atomic E-state index is 12.6. The van der Waals surface area contributed by atoms with E-state index in [1.165, 1.54) is 0 Å². The second-order valence-electron chi connectivity index (χ2n) is 7.01. The predicted molar refractivity (Wildman–Crippen MR) is 83.4 cm³/mol. The summed E-state index contributed by atoms with van der Waals surface area (Å²) in [5, 5.41) is 9.35. The third kappa shape index (κ3) is 3.85. The van der Waals surface area contributed by atoms with Gasteiger partial charge >= 0.3 is 0 Å². The number of hydrogen-bond donors (Lipinski definition) is 0. The van der Waals surface area contributed by atoms with Crippen LogP contribution in [0.1, 0.15) is 32.8 Å². The van der Waals surface area contributed by atoms with Crippen LogP contribution in [0.4, 0.5) is 0 Å². The van der Waals surface area contributed by atoms with E-state index in [9.17, 15) is 10.1 Å². The Morgan fingerprint density at radius 2 is 2.05 bits per heavy atom. The number of benzene rings is 1. The third-order valence-electron chi connectivity index (χ3n) is 4.46. The number of nitrogens with zero attached hydrogens (tertiary/aromatic N) is 2. The highest BCUT2D eigenvalue weighted by atomic mass is 16.2. The molecule has 1 aromatic rings. The normalized spacial score (nSPS) is 20.1. The van der Waals surface area contributed by atoms with E-state index in [4.69, 9.17) is 0 Å². The number of likely N-dealkylation sites (tertiary alicyclic amines) is 1. The van der Waals surface area contributed by atoms with Crippen LogP contribution < -0.4 is 0 Å². The van der Waals surface area contributed by atoms with Gasteiger partial charge in [0.1, 0.15) is 5.92 Å². The minimum absolute atomic E-state index is 0.00639. The van der Waals surface area contributed by atoms with Crippen molar-refractivity contribution < 1.29 is 4.79 Å². The summed E-state index contributed by atoms with van der Waals surface area (Å²) in [6.07, 6.45) is 1.55. The van der Waals surface area contributed by atoms with E-state index in [-0.39, 0.29) is 11.3 Å². The summed E-state index contributed by atoms with van der Waals surface area (Å²) < 4.78 is 0. The molecule has 2 unspecified atom stereocenters. The Morgan fingerprint density at radius 3 is 2.57 bits per heavy atom. The summed E-state index contributed by atoms with van der Waals surface area (Å²) in [5.41, 5.74) is 1.26. The number of carbonyl (C=O) groups is 1. The molecule has 112 valence electrons. The molecule has 3 heteroatoms. The van der Waals surface area contributed by atoms with Gasteiger partial charge in [0, 0.05) is 13.1 Å². The molecule has 3 nitrogen and oxygen atoms in total. The van der Waals surface area contributed by atoms with E-state index >= 15 is 0 Å². The molecule has 0 spiro atoms. The van der Waals surface area contributed by atoms with Gasteiger partial charge in [0.15, 0.2) is 0 Å². The summed E-state index contributed by atoms with van der Waals surface area (Å²) >= 11 is 0. The van der Waals surface area contributed by atoms with Gasteiger partial charge in [-0.15, -0.1) is 0 Å². The number of carbonyl (C=O) groups excluding carboxylic acids is 1. The monoisotopic (exact) mass is 284 g/mol. The fourth-order valence-corrected chi connectivity index (χ4v) is 2.93. The number of hydrogen-bond acceptors (Lipinski definition) is 2. The van der Waals surface area contributed by atoms with Gasteiger partial charge in [-0.05, 0) is 29.7 Å². The van der Waals surface area contributed by atoms with Crippen molar-refractivity contribution in [2.24, 2.45) is 17.3 Å². The van der Waals surface area contributed by atoms with Crippen molar-refractivity contribution >= 4 is 5.91 Å². The van der Waals surface area contributed by atoms with E-state index in [0.717, 1.165) is 25.1 Å². The van der Waals surface area contributed by atoms with Gasteiger partial charge in [-0.3, -0.25) is 4.79 Å². The van der Waals surface area contributed by atoms with E-state index in [2.05, 4.69) is 26.8 Å². The average molecular weight is 284 g/mol. The van der Waals surface area contributed by atoms with Crippen molar-refractivity contribution in [3.63, 3.8) is 0 Å². The lowest BCUT2D eigenvalue weighted by Gasteiger charge is -2.27. The first kappa shape index (κ1) is 15.6. The van der Waals surface area contributed by atoms with E-state index < -0.39 is 5.92 Å². The first-order valence-corrected chi connectivity index (χ1v) is 7.64. The zero-order chi connectivity index (χ0) is 15.5. The summed E-state index contributed by atoms with van der Waals surface area (Å²) in [4.78, 5) is 14.4. The first-order valence-electron chi connectivity index (χ1n) is 7.64. The Bertz CT molecular complexity index is 524. The Labute approximate surface area is 127 Å². The molecule has 1 amide bonds. The molecular weight excluding hydrogens is 260 g/mol. The van der Waals surface area contributed by atoms with Crippen LogP contribution in [-0.4, -0.2) is 23.9 Å². The largest absolute Gasteiger partial charge is 0.341 e. The van der Waals surface area contributed by atoms with Gasteiger partial charge in [-0.1, -0.05) is 51.1 Å². The van der Waals surface area contributed by atoms with Crippen molar-refractivity contribution in [3.8, 4) is 6.07 Å². The fraction of sp³-hybridized carbons (Fsp3) is 0.556. The molecule has 0 radical (unpaired) electrons. The van der Waals surface area contributed by atoms with E-state index in [0.29, 0.717) is 12.3 Å². The van der Waals surface area contributed by atoms with Crippen molar-refractivity contribution in [1.82, 2.24) is 4.90 Å². The van der Waals surface area contributed by atoms with Gasteiger partial charge < -0.3 is 4.90 Å². The van der Waals surface area contributed by atoms with Gasteiger partial charge in [0.25, 0.3) is 0 Å². The van der Waals surface area contributed by atoms with Crippen LogP contribution >= 0.6 is 0 Å². The van der Waals surface area contributed by atoms with Crippen LogP contribution in [0.2, 0.25) is 0 Å². The molecule has 1 aliphatic rings. The van der Waals surface area contributed by atoms with Crippen LogP contribution in [-0.2, 0) is 11.2 Å². The maximum Gasteiger partial charge on any atom is 0.240 e. The fourth-order valence-electron chi connectivity index (χ4n) is 2.93. The highest BCUT2D eigenvalue weighted by Crippen LogP contribution is 2.34. The minimum Gasteiger partial charge on any atom is -0.341 e. The topological polar surface area (TPSA) is 44.1 Å². The molecule has 1 saturated heterocycles.